The fourth-order valence-electron chi connectivity index (χ4n) is 3.21. The van der Waals surface area contributed by atoms with Gasteiger partial charge in [-0.3, -0.25) is 4.79 Å². The number of carbonyl (C=O) groups excluding carboxylic acids is 2. The Labute approximate surface area is 204 Å². The van der Waals surface area contributed by atoms with E-state index < -0.39 is 17.7 Å². The molecule has 0 unspecified atom stereocenters. The predicted molar refractivity (Wildman–Crippen MR) is 127 cm³/mol. The van der Waals surface area contributed by atoms with Gasteiger partial charge in [-0.15, -0.1) is 0 Å². The van der Waals surface area contributed by atoms with Crippen molar-refractivity contribution < 1.29 is 18.7 Å². The molecule has 0 radical (unpaired) electrons. The maximum atomic E-state index is 13.5. The van der Waals surface area contributed by atoms with E-state index in [1.807, 2.05) is 0 Å². The predicted octanol–water partition coefficient (Wildman–Crippen LogP) is 5.81. The summed E-state index contributed by atoms with van der Waals surface area (Å²) < 4.78 is 20.0. The normalized spacial score (nSPS) is 10.7. The molecule has 4 aromatic rings. The molecule has 34 heavy (non-hydrogen) atoms. The minimum Gasteiger partial charge on any atom is -0.461 e. The van der Waals surface area contributed by atoms with Crippen LogP contribution in [-0.4, -0.2) is 33.2 Å². The number of carbonyl (C=O) groups is 2. The van der Waals surface area contributed by atoms with Crippen LogP contribution >= 0.6 is 23.2 Å². The molecule has 0 spiro atoms. The molecule has 4 rings (SSSR count). The van der Waals surface area contributed by atoms with E-state index in [-0.39, 0.29) is 28.0 Å². The molecular weight excluding hydrogens is 482 g/mol. The van der Waals surface area contributed by atoms with E-state index in [9.17, 15) is 14.0 Å². The Balaban J connectivity index is 1.72. The highest BCUT2D eigenvalue weighted by molar-refractivity contribution is 6.35. The Kier molecular flexibility index (Phi) is 6.90. The molecule has 1 N–H and O–H groups in total. The van der Waals surface area contributed by atoms with Crippen molar-refractivity contribution in [1.29, 1.82) is 0 Å². The van der Waals surface area contributed by atoms with Crippen molar-refractivity contribution in [3.05, 3.63) is 94.1 Å². The average molecular weight is 499 g/mol. The summed E-state index contributed by atoms with van der Waals surface area (Å²) in [5.41, 5.74) is 2.39. The molecule has 2 heterocycles. The molecule has 172 valence electrons. The van der Waals surface area contributed by atoms with E-state index in [0.29, 0.717) is 22.6 Å². The first-order valence-corrected chi connectivity index (χ1v) is 10.9. The van der Waals surface area contributed by atoms with Crippen molar-refractivity contribution in [3.63, 3.8) is 0 Å². The molecule has 7 nitrogen and oxygen atoms in total. The van der Waals surface area contributed by atoms with Gasteiger partial charge in [-0.1, -0.05) is 35.3 Å². The third-order valence-electron chi connectivity index (χ3n) is 4.73. The molecule has 2 aromatic carbocycles. The van der Waals surface area contributed by atoms with E-state index >= 15 is 0 Å². The first-order chi connectivity index (χ1) is 16.4. The van der Waals surface area contributed by atoms with Crippen LogP contribution < -0.4 is 5.32 Å². The second-order valence-corrected chi connectivity index (χ2v) is 7.84. The van der Waals surface area contributed by atoms with Gasteiger partial charge in [0.2, 0.25) is 0 Å². The highest BCUT2D eigenvalue weighted by Gasteiger charge is 2.19. The van der Waals surface area contributed by atoms with Gasteiger partial charge in [-0.2, -0.15) is 5.10 Å². The van der Waals surface area contributed by atoms with Crippen LogP contribution in [0.4, 0.5) is 10.1 Å². The van der Waals surface area contributed by atoms with Crippen LogP contribution in [-0.2, 0) is 4.74 Å². The van der Waals surface area contributed by atoms with E-state index in [1.165, 1.54) is 29.1 Å². The maximum Gasteiger partial charge on any atom is 0.358 e. The smallest absolute Gasteiger partial charge is 0.358 e. The molecule has 0 saturated heterocycles. The van der Waals surface area contributed by atoms with Gasteiger partial charge < -0.3 is 10.1 Å². The Bertz CT molecular complexity index is 1370. The third kappa shape index (κ3) is 5.08. The number of aromatic nitrogens is 3. The lowest BCUT2D eigenvalue weighted by Gasteiger charge is -2.10. The number of nitrogens with one attached hydrogen (secondary N) is 1. The van der Waals surface area contributed by atoms with Crippen LogP contribution in [0.25, 0.3) is 16.9 Å². The molecule has 0 aliphatic heterocycles. The van der Waals surface area contributed by atoms with Gasteiger partial charge in [-0.05, 0) is 55.5 Å². The molecule has 0 aliphatic carbocycles. The molecule has 0 saturated carbocycles. The van der Waals surface area contributed by atoms with Crippen molar-refractivity contribution in [2.45, 2.75) is 6.92 Å². The number of halogens is 3. The van der Waals surface area contributed by atoms with Crippen molar-refractivity contribution in [3.8, 4) is 16.9 Å². The summed E-state index contributed by atoms with van der Waals surface area (Å²) in [5, 5.41) is 7.41. The number of rotatable bonds is 6. The number of hydrogen-bond donors (Lipinski definition) is 1. The Morgan fingerprint density at radius 3 is 2.59 bits per heavy atom. The fourth-order valence-corrected chi connectivity index (χ4v) is 3.55. The first-order valence-electron chi connectivity index (χ1n) is 10.1. The number of hydrogen-bond acceptors (Lipinski definition) is 5. The molecule has 1 amide bonds. The van der Waals surface area contributed by atoms with Crippen LogP contribution in [0.15, 0.2) is 66.9 Å². The summed E-state index contributed by atoms with van der Waals surface area (Å²) in [6.07, 6.45) is 1.35. The number of pyridine rings is 1. The van der Waals surface area contributed by atoms with Gasteiger partial charge in [0.05, 0.1) is 28.6 Å². The minimum atomic E-state index is -0.586. The monoisotopic (exact) mass is 498 g/mol. The van der Waals surface area contributed by atoms with Gasteiger partial charge in [-0.25, -0.2) is 18.9 Å². The second kappa shape index (κ2) is 10.0. The molecule has 0 aliphatic rings. The van der Waals surface area contributed by atoms with Gasteiger partial charge in [0.1, 0.15) is 11.0 Å². The molecule has 0 atom stereocenters. The largest absolute Gasteiger partial charge is 0.461 e. The van der Waals surface area contributed by atoms with Crippen LogP contribution in [0.2, 0.25) is 10.2 Å². The van der Waals surface area contributed by atoms with E-state index in [1.54, 1.807) is 49.4 Å². The summed E-state index contributed by atoms with van der Waals surface area (Å²) in [6.45, 7) is 1.89. The lowest BCUT2D eigenvalue weighted by atomic mass is 10.1. The number of anilines is 1. The quantitative estimate of drug-likeness (QED) is 0.267. The van der Waals surface area contributed by atoms with Gasteiger partial charge in [0.15, 0.2) is 5.69 Å². The zero-order valence-corrected chi connectivity index (χ0v) is 19.3. The standard InChI is InChI=1S/C24H17Cl2FN4O3/c1-2-34-24(33)20-12-21(31(30-20)18-8-6-16(27)7-9-18)14-4-3-5-17(10-14)29-23(32)19-11-15(25)13-28-22(19)26/h3-13H,2H2,1H3,(H,29,32). The van der Waals surface area contributed by atoms with E-state index in [0.717, 1.165) is 0 Å². The summed E-state index contributed by atoms with van der Waals surface area (Å²) in [7, 11) is 0. The Hall–Kier alpha value is -3.75. The second-order valence-electron chi connectivity index (χ2n) is 7.05. The Morgan fingerprint density at radius 2 is 1.85 bits per heavy atom. The summed E-state index contributed by atoms with van der Waals surface area (Å²) in [4.78, 5) is 28.9. The first kappa shape index (κ1) is 23.4. The third-order valence-corrected chi connectivity index (χ3v) is 5.24. The average Bonchev–Trinajstić information content (AvgIpc) is 3.27. The van der Waals surface area contributed by atoms with Crippen molar-refractivity contribution in [2.75, 3.05) is 11.9 Å². The number of nitrogens with zero attached hydrogens (tertiary/aromatic N) is 3. The minimum absolute atomic E-state index is 0.0199. The van der Waals surface area contributed by atoms with Gasteiger partial charge in [0, 0.05) is 17.4 Å². The van der Waals surface area contributed by atoms with Crippen LogP contribution in [0, 0.1) is 5.82 Å². The van der Waals surface area contributed by atoms with Crippen molar-refractivity contribution >= 4 is 40.8 Å². The number of benzene rings is 2. The molecule has 0 fully saturated rings. The molecule has 2 aromatic heterocycles. The number of ether oxygens (including phenoxy) is 1. The maximum absolute atomic E-state index is 13.5. The molecule has 10 heteroatoms. The fraction of sp³-hybridized carbons (Fsp3) is 0.0833. The summed E-state index contributed by atoms with van der Waals surface area (Å²) in [5.74, 6) is -1.48. The molecular formula is C24H17Cl2FN4O3. The number of esters is 1. The van der Waals surface area contributed by atoms with Crippen LogP contribution in [0.5, 0.6) is 0 Å². The van der Waals surface area contributed by atoms with Crippen LogP contribution in [0.1, 0.15) is 27.8 Å². The van der Waals surface area contributed by atoms with E-state index in [4.69, 9.17) is 27.9 Å². The highest BCUT2D eigenvalue weighted by atomic mass is 35.5. The summed E-state index contributed by atoms with van der Waals surface area (Å²) in [6, 6.07) is 15.6. The van der Waals surface area contributed by atoms with E-state index in [2.05, 4.69) is 15.4 Å². The van der Waals surface area contributed by atoms with Gasteiger partial charge in [0.25, 0.3) is 5.91 Å². The number of amides is 1. The highest BCUT2D eigenvalue weighted by Crippen LogP contribution is 2.28. The summed E-state index contributed by atoms with van der Waals surface area (Å²) >= 11 is 12.0. The molecule has 0 bridgehead atoms. The lowest BCUT2D eigenvalue weighted by molar-refractivity contribution is 0.0519. The van der Waals surface area contributed by atoms with Crippen molar-refractivity contribution in [1.82, 2.24) is 14.8 Å². The van der Waals surface area contributed by atoms with Crippen molar-refractivity contribution in [2.24, 2.45) is 0 Å². The topological polar surface area (TPSA) is 86.1 Å². The Morgan fingerprint density at radius 1 is 1.09 bits per heavy atom. The zero-order valence-electron chi connectivity index (χ0n) is 17.8. The SMILES string of the molecule is CCOC(=O)c1cc(-c2cccc(NC(=O)c3cc(Cl)cnc3Cl)c2)n(-c2ccc(F)cc2)n1. The van der Waals surface area contributed by atoms with Crippen LogP contribution in [0.3, 0.4) is 0 Å². The lowest BCUT2D eigenvalue weighted by Crippen LogP contribution is -2.13. The van der Waals surface area contributed by atoms with Gasteiger partial charge >= 0.3 is 5.97 Å². The zero-order chi connectivity index (χ0) is 24.2.